The lowest BCUT2D eigenvalue weighted by molar-refractivity contribution is -0.135. The van der Waals surface area contributed by atoms with Gasteiger partial charge in [-0.25, -0.2) is 19.6 Å². The van der Waals surface area contributed by atoms with Gasteiger partial charge in [0.25, 0.3) is 5.91 Å². The zero-order valence-corrected chi connectivity index (χ0v) is 33.7. The van der Waals surface area contributed by atoms with E-state index < -0.39 is 24.3 Å². The van der Waals surface area contributed by atoms with Crippen molar-refractivity contribution in [2.45, 2.75) is 63.7 Å². The van der Waals surface area contributed by atoms with Crippen LogP contribution in [0.3, 0.4) is 0 Å². The van der Waals surface area contributed by atoms with Crippen LogP contribution < -0.4 is 10.6 Å². The molecular weight excluding hydrogens is 761 g/mol. The summed E-state index contributed by atoms with van der Waals surface area (Å²) in [5, 5.41) is 16.6. The molecule has 0 spiro atoms. The average molecular weight is 809 g/mol. The molecule has 2 aliphatic rings. The van der Waals surface area contributed by atoms with Crippen LogP contribution in [0.15, 0.2) is 103 Å². The lowest BCUT2D eigenvalue weighted by Crippen LogP contribution is -2.50. The number of nitrogens with one attached hydrogen (secondary N) is 4. The third kappa shape index (κ3) is 8.17. The maximum Gasteiger partial charge on any atom is 0.407 e. The zero-order valence-electron chi connectivity index (χ0n) is 33.7. The van der Waals surface area contributed by atoms with Crippen LogP contribution in [0.1, 0.15) is 74.9 Å². The van der Waals surface area contributed by atoms with Gasteiger partial charge in [-0.15, -0.1) is 0 Å². The number of benzene rings is 4. The Morgan fingerprint density at radius 3 is 1.82 bits per heavy atom. The molecule has 2 aliphatic heterocycles. The van der Waals surface area contributed by atoms with Crippen LogP contribution in [0.4, 0.5) is 9.59 Å². The predicted octanol–water partition coefficient (Wildman–Crippen LogP) is 8.00. The summed E-state index contributed by atoms with van der Waals surface area (Å²) in [6.07, 6.45) is 4.84. The second-order valence-corrected chi connectivity index (χ2v) is 15.7. The quantitative estimate of drug-likeness (QED) is 0.0872. The van der Waals surface area contributed by atoms with Crippen molar-refractivity contribution in [3.63, 3.8) is 0 Å². The fraction of sp³-hybridized carbons (Fsp3) is 0.304. The number of alkyl carbamates (subject to hydrolysis) is 1. The van der Waals surface area contributed by atoms with Gasteiger partial charge in [0.2, 0.25) is 5.91 Å². The Balaban J connectivity index is 0.947. The highest BCUT2D eigenvalue weighted by Crippen LogP contribution is 2.36. The van der Waals surface area contributed by atoms with Gasteiger partial charge < -0.3 is 40.2 Å². The summed E-state index contributed by atoms with van der Waals surface area (Å²) in [7, 11) is 1.28. The summed E-state index contributed by atoms with van der Waals surface area (Å²) in [6, 6.07) is 27.9. The number of hydrogen-bond acceptors (Lipinski definition) is 7. The van der Waals surface area contributed by atoms with Crippen LogP contribution in [0, 0.1) is 5.92 Å². The first-order valence-corrected chi connectivity index (χ1v) is 20.3. The smallest absolute Gasteiger partial charge is 0.407 e. The van der Waals surface area contributed by atoms with Gasteiger partial charge in [-0.1, -0.05) is 92.7 Å². The number of likely N-dealkylation sites (tertiary alicyclic amines) is 2. The number of imidazole rings is 2. The predicted molar refractivity (Wildman–Crippen MR) is 226 cm³/mol. The van der Waals surface area contributed by atoms with Crippen molar-refractivity contribution in [1.82, 2.24) is 40.4 Å². The van der Waals surface area contributed by atoms with Crippen LogP contribution in [0.2, 0.25) is 0 Å². The van der Waals surface area contributed by atoms with E-state index >= 15 is 0 Å². The topological polar surface area (TPSA) is 186 Å². The number of ether oxygens (including phenoxy) is 1. The van der Waals surface area contributed by atoms with Crippen molar-refractivity contribution in [3.8, 4) is 33.6 Å². The Morgan fingerprint density at radius 2 is 1.23 bits per heavy atom. The number of hydrogen-bond donors (Lipinski definition) is 5. The summed E-state index contributed by atoms with van der Waals surface area (Å²) >= 11 is 0. The van der Waals surface area contributed by atoms with E-state index in [1.54, 1.807) is 16.0 Å². The molecule has 3 unspecified atom stereocenters. The number of carbonyl (C=O) groups excluding carboxylic acids is 3. The second kappa shape index (κ2) is 17.1. The molecule has 6 aromatic rings. The molecule has 4 aromatic carbocycles. The number of aromatic amines is 2. The number of nitrogens with zero attached hydrogens (tertiary/aromatic N) is 4. The number of carbonyl (C=O) groups is 4. The van der Waals surface area contributed by atoms with Gasteiger partial charge in [0.05, 0.1) is 43.0 Å². The third-order valence-electron chi connectivity index (χ3n) is 11.6. The summed E-state index contributed by atoms with van der Waals surface area (Å²) in [6.45, 7) is 4.77. The SMILES string of the molecule is COC(=O)NC(C(=O)N1CCC[C@H]1c1ncc(-c2ccc3cc(-c4ccc(-c5cnc(C6CCCN6C(=O)C(NC(=O)O)C(C)C)[nH]5)cc4)ccc3c2)[nH]1)c1ccccc1. The van der Waals surface area contributed by atoms with E-state index in [1.807, 2.05) is 50.4 Å². The van der Waals surface area contributed by atoms with Gasteiger partial charge in [-0.2, -0.15) is 0 Å². The maximum atomic E-state index is 13.9. The molecule has 4 atom stereocenters. The first-order valence-electron chi connectivity index (χ1n) is 20.3. The van der Waals surface area contributed by atoms with E-state index in [2.05, 4.69) is 86.2 Å². The van der Waals surface area contributed by atoms with Gasteiger partial charge >= 0.3 is 12.2 Å². The molecule has 4 amide bonds. The Kier molecular flexibility index (Phi) is 11.4. The van der Waals surface area contributed by atoms with Crippen molar-refractivity contribution < 1.29 is 29.0 Å². The summed E-state index contributed by atoms with van der Waals surface area (Å²) in [5.74, 6) is 0.758. The van der Waals surface area contributed by atoms with Crippen LogP contribution in [-0.4, -0.2) is 85.1 Å². The molecule has 0 radical (unpaired) electrons. The van der Waals surface area contributed by atoms with E-state index in [1.165, 1.54) is 7.11 Å². The highest BCUT2D eigenvalue weighted by molar-refractivity contribution is 5.91. The van der Waals surface area contributed by atoms with Crippen LogP contribution >= 0.6 is 0 Å². The largest absolute Gasteiger partial charge is 0.465 e. The van der Waals surface area contributed by atoms with Gasteiger partial charge in [0.15, 0.2) is 0 Å². The van der Waals surface area contributed by atoms with E-state index in [-0.39, 0.29) is 29.8 Å². The lowest BCUT2D eigenvalue weighted by atomic mass is 9.98. The molecule has 2 aromatic heterocycles. The first kappa shape index (κ1) is 39.8. The molecule has 0 aliphatic carbocycles. The molecule has 4 heterocycles. The second-order valence-electron chi connectivity index (χ2n) is 15.7. The molecule has 0 saturated carbocycles. The Morgan fingerprint density at radius 1 is 0.700 bits per heavy atom. The Labute approximate surface area is 347 Å². The van der Waals surface area contributed by atoms with Gasteiger partial charge in [0, 0.05) is 18.7 Å². The molecule has 14 nitrogen and oxygen atoms in total. The summed E-state index contributed by atoms with van der Waals surface area (Å²) in [5.41, 5.74) is 6.44. The fourth-order valence-electron chi connectivity index (χ4n) is 8.47. The number of fused-ring (bicyclic) bond motifs is 1. The third-order valence-corrected chi connectivity index (χ3v) is 11.6. The molecule has 14 heteroatoms. The van der Waals surface area contributed by atoms with E-state index in [0.717, 1.165) is 70.1 Å². The number of methoxy groups -OCH3 is 1. The normalized spacial score (nSPS) is 17.5. The first-order chi connectivity index (χ1) is 29.1. The Hall–Kier alpha value is -6.96. The molecule has 2 fully saturated rings. The standard InChI is InChI=1S/C46H48N8O6/c1-27(2)39(51-45(57)58)43(55)53-21-7-11-37(53)41-47-25-35(49-41)29-15-13-28(14-16-29)31-17-18-33-24-34(20-19-32(33)23-31)36-26-48-42(50-36)38-12-8-22-54(38)44(56)40(52-46(59)60-3)30-9-5-4-6-10-30/h4-6,9-10,13-20,23-27,37-40,51H,7-8,11-12,21-22H2,1-3H3,(H,47,49)(H,48,50)(H,52,59)(H,57,58)/t37?,38-,39?,40?/m0/s1. The molecular formula is C46H48N8O6. The van der Waals surface area contributed by atoms with E-state index in [9.17, 15) is 24.3 Å². The molecule has 308 valence electrons. The van der Waals surface area contributed by atoms with E-state index in [4.69, 9.17) is 9.72 Å². The van der Waals surface area contributed by atoms with Gasteiger partial charge in [0.1, 0.15) is 23.7 Å². The van der Waals surface area contributed by atoms with E-state index in [0.29, 0.717) is 30.3 Å². The Bertz CT molecular complexity index is 2520. The van der Waals surface area contributed by atoms with Crippen molar-refractivity contribution in [2.24, 2.45) is 5.92 Å². The van der Waals surface area contributed by atoms with Crippen molar-refractivity contribution >= 4 is 34.8 Å². The highest BCUT2D eigenvalue weighted by atomic mass is 16.5. The molecule has 8 rings (SSSR count). The lowest BCUT2D eigenvalue weighted by Gasteiger charge is -2.29. The molecule has 5 N–H and O–H groups in total. The highest BCUT2D eigenvalue weighted by Gasteiger charge is 2.38. The van der Waals surface area contributed by atoms with Crippen LogP contribution in [-0.2, 0) is 14.3 Å². The minimum atomic E-state index is -1.21. The number of rotatable bonds is 11. The molecule has 60 heavy (non-hydrogen) atoms. The van der Waals surface area contributed by atoms with Crippen molar-refractivity contribution in [3.05, 3.63) is 121 Å². The zero-order chi connectivity index (χ0) is 41.9. The van der Waals surface area contributed by atoms with Gasteiger partial charge in [-0.3, -0.25) is 9.59 Å². The minimum absolute atomic E-state index is 0.188. The maximum absolute atomic E-state index is 13.9. The fourth-order valence-corrected chi connectivity index (χ4v) is 8.47. The molecule has 0 bridgehead atoms. The summed E-state index contributed by atoms with van der Waals surface area (Å²) in [4.78, 5) is 70.8. The number of amides is 4. The average Bonchev–Trinajstić information content (AvgIpc) is 4.11. The van der Waals surface area contributed by atoms with Crippen molar-refractivity contribution in [1.29, 1.82) is 0 Å². The summed E-state index contributed by atoms with van der Waals surface area (Å²) < 4.78 is 4.83. The van der Waals surface area contributed by atoms with Gasteiger partial charge in [-0.05, 0) is 76.8 Å². The van der Waals surface area contributed by atoms with Crippen LogP contribution in [0.5, 0.6) is 0 Å². The van der Waals surface area contributed by atoms with Crippen LogP contribution in [0.25, 0.3) is 44.4 Å². The minimum Gasteiger partial charge on any atom is -0.465 e. The number of carboxylic acid groups (broad SMARTS) is 1. The van der Waals surface area contributed by atoms with Crippen molar-refractivity contribution in [2.75, 3.05) is 20.2 Å². The molecule has 2 saturated heterocycles. The number of H-pyrrole nitrogens is 2. The monoisotopic (exact) mass is 808 g/mol. The number of aromatic nitrogens is 4.